The van der Waals surface area contributed by atoms with Gasteiger partial charge in [-0.05, 0) is 42.2 Å². The third-order valence-electron chi connectivity index (χ3n) is 4.32. The van der Waals surface area contributed by atoms with E-state index in [9.17, 15) is 0 Å². The van der Waals surface area contributed by atoms with Gasteiger partial charge < -0.3 is 9.47 Å². The summed E-state index contributed by atoms with van der Waals surface area (Å²) in [6.07, 6.45) is 2.45. The zero-order chi connectivity index (χ0) is 12.8. The van der Waals surface area contributed by atoms with E-state index in [0.29, 0.717) is 5.92 Å². The minimum Gasteiger partial charge on any atom is -0.497 e. The quantitative estimate of drug-likeness (QED) is 0.767. The highest BCUT2D eigenvalue weighted by atomic mass is 16.5. The summed E-state index contributed by atoms with van der Waals surface area (Å²) in [4.78, 5) is 0. The molecule has 2 atom stereocenters. The first-order valence-electron chi connectivity index (χ1n) is 6.79. The van der Waals surface area contributed by atoms with Crippen LogP contribution in [0.2, 0.25) is 0 Å². The molecule has 0 spiro atoms. The molecule has 1 heterocycles. The second-order valence-electron chi connectivity index (χ2n) is 5.29. The number of rotatable bonds is 1. The van der Waals surface area contributed by atoms with Crippen molar-refractivity contribution in [3.8, 4) is 11.5 Å². The maximum atomic E-state index is 6.18. The van der Waals surface area contributed by atoms with Crippen LogP contribution in [0.1, 0.15) is 35.1 Å². The number of para-hydroxylation sites is 1. The summed E-state index contributed by atoms with van der Waals surface area (Å²) in [7, 11) is 1.71. The Morgan fingerprint density at radius 3 is 2.89 bits per heavy atom. The monoisotopic (exact) mass is 252 g/mol. The number of aryl methyl sites for hydroxylation is 1. The Morgan fingerprint density at radius 1 is 1.11 bits per heavy atom. The fourth-order valence-corrected chi connectivity index (χ4v) is 3.37. The maximum absolute atomic E-state index is 6.18. The van der Waals surface area contributed by atoms with Gasteiger partial charge in [0.25, 0.3) is 0 Å². The van der Waals surface area contributed by atoms with Gasteiger partial charge in [-0.15, -0.1) is 0 Å². The minimum atomic E-state index is 0.163. The minimum absolute atomic E-state index is 0.163. The Bertz CT molecular complexity index is 633. The van der Waals surface area contributed by atoms with Crippen molar-refractivity contribution in [2.75, 3.05) is 7.11 Å². The average molecular weight is 252 g/mol. The predicted octanol–water partition coefficient (Wildman–Crippen LogP) is 3.86. The lowest BCUT2D eigenvalue weighted by molar-refractivity contribution is 0.195. The molecule has 2 heteroatoms. The number of ether oxygens (including phenoxy) is 2. The third-order valence-corrected chi connectivity index (χ3v) is 4.32. The molecule has 0 aromatic heterocycles. The summed E-state index contributed by atoms with van der Waals surface area (Å²) >= 11 is 0. The van der Waals surface area contributed by atoms with Crippen LogP contribution < -0.4 is 9.47 Å². The highest BCUT2D eigenvalue weighted by Crippen LogP contribution is 2.51. The average Bonchev–Trinajstić information content (AvgIpc) is 2.85. The van der Waals surface area contributed by atoms with E-state index >= 15 is 0 Å². The summed E-state index contributed by atoms with van der Waals surface area (Å²) in [6.45, 7) is 0. The molecule has 19 heavy (non-hydrogen) atoms. The maximum Gasteiger partial charge on any atom is 0.131 e. The molecule has 0 bridgehead atoms. The molecule has 0 unspecified atom stereocenters. The Morgan fingerprint density at radius 2 is 2.00 bits per heavy atom. The van der Waals surface area contributed by atoms with Crippen LogP contribution in [-0.2, 0) is 6.42 Å². The van der Waals surface area contributed by atoms with Crippen molar-refractivity contribution in [1.29, 1.82) is 0 Å². The van der Waals surface area contributed by atoms with Gasteiger partial charge in [-0.25, -0.2) is 0 Å². The van der Waals surface area contributed by atoms with Gasteiger partial charge in [0.2, 0.25) is 0 Å². The van der Waals surface area contributed by atoms with Crippen LogP contribution in [0.15, 0.2) is 42.5 Å². The Balaban J connectivity index is 1.81. The number of fused-ring (bicyclic) bond motifs is 5. The number of hydrogen-bond donors (Lipinski definition) is 0. The van der Waals surface area contributed by atoms with Gasteiger partial charge in [0.05, 0.1) is 7.11 Å². The molecule has 0 radical (unpaired) electrons. The van der Waals surface area contributed by atoms with Crippen LogP contribution in [0, 0.1) is 0 Å². The molecule has 96 valence electrons. The molecule has 4 rings (SSSR count). The van der Waals surface area contributed by atoms with Crippen molar-refractivity contribution in [3.05, 3.63) is 59.2 Å². The SMILES string of the molecule is COc1ccc2c(c1)[C@H]1Oc3ccccc3[C@H]1CC2. The fraction of sp³-hybridized carbons (Fsp3) is 0.294. The van der Waals surface area contributed by atoms with Crippen LogP contribution in [0.5, 0.6) is 11.5 Å². The second-order valence-corrected chi connectivity index (χ2v) is 5.29. The topological polar surface area (TPSA) is 18.5 Å². The van der Waals surface area contributed by atoms with Gasteiger partial charge >= 0.3 is 0 Å². The predicted molar refractivity (Wildman–Crippen MR) is 73.9 cm³/mol. The summed E-state index contributed by atoms with van der Waals surface area (Å²) in [6, 6.07) is 14.8. The van der Waals surface area contributed by atoms with E-state index in [2.05, 4.69) is 30.3 Å². The van der Waals surface area contributed by atoms with Crippen LogP contribution >= 0.6 is 0 Å². The van der Waals surface area contributed by atoms with E-state index < -0.39 is 0 Å². The van der Waals surface area contributed by atoms with Crippen LogP contribution in [-0.4, -0.2) is 7.11 Å². The summed E-state index contributed by atoms with van der Waals surface area (Å²) in [5.74, 6) is 2.46. The van der Waals surface area contributed by atoms with Crippen molar-refractivity contribution in [2.24, 2.45) is 0 Å². The molecular weight excluding hydrogens is 236 g/mol. The van der Waals surface area contributed by atoms with E-state index in [-0.39, 0.29) is 6.10 Å². The van der Waals surface area contributed by atoms with Gasteiger partial charge in [-0.1, -0.05) is 24.3 Å². The van der Waals surface area contributed by atoms with Crippen molar-refractivity contribution in [2.45, 2.75) is 24.9 Å². The summed E-state index contributed by atoms with van der Waals surface area (Å²) < 4.78 is 11.5. The van der Waals surface area contributed by atoms with Crippen molar-refractivity contribution >= 4 is 0 Å². The second kappa shape index (κ2) is 4.02. The Labute approximate surface area is 113 Å². The van der Waals surface area contributed by atoms with Crippen LogP contribution in [0.4, 0.5) is 0 Å². The number of hydrogen-bond acceptors (Lipinski definition) is 2. The normalized spacial score (nSPS) is 23.0. The smallest absolute Gasteiger partial charge is 0.131 e. The highest BCUT2D eigenvalue weighted by molar-refractivity contribution is 5.48. The largest absolute Gasteiger partial charge is 0.497 e. The first kappa shape index (κ1) is 10.9. The summed E-state index contributed by atoms with van der Waals surface area (Å²) in [5, 5.41) is 0. The first-order valence-corrected chi connectivity index (χ1v) is 6.79. The highest BCUT2D eigenvalue weighted by Gasteiger charge is 2.39. The van der Waals surface area contributed by atoms with Crippen molar-refractivity contribution in [3.63, 3.8) is 0 Å². The van der Waals surface area contributed by atoms with Crippen molar-refractivity contribution < 1.29 is 9.47 Å². The Kier molecular flexibility index (Phi) is 2.31. The molecule has 0 amide bonds. The number of methoxy groups -OCH3 is 1. The standard InChI is InChI=1S/C17H16O2/c1-18-12-8-6-11-7-9-14-13-4-2-3-5-16(13)19-17(14)15(11)10-12/h2-6,8,10,14,17H,7,9H2,1H3/t14-,17+/m1/s1. The zero-order valence-electron chi connectivity index (χ0n) is 10.9. The molecule has 1 aliphatic heterocycles. The number of benzene rings is 2. The van der Waals surface area contributed by atoms with Gasteiger partial charge in [-0.2, -0.15) is 0 Å². The molecule has 0 N–H and O–H groups in total. The van der Waals surface area contributed by atoms with E-state index in [1.807, 2.05) is 12.1 Å². The van der Waals surface area contributed by atoms with Gasteiger partial charge in [0.15, 0.2) is 0 Å². The lowest BCUT2D eigenvalue weighted by atomic mass is 9.79. The lowest BCUT2D eigenvalue weighted by Gasteiger charge is -2.27. The molecule has 2 aliphatic rings. The molecular formula is C17H16O2. The van der Waals surface area contributed by atoms with E-state index in [1.54, 1.807) is 7.11 Å². The molecule has 2 aromatic carbocycles. The molecule has 0 fully saturated rings. The summed E-state index contributed by atoms with van der Waals surface area (Å²) in [5.41, 5.74) is 4.06. The van der Waals surface area contributed by atoms with Crippen molar-refractivity contribution in [1.82, 2.24) is 0 Å². The van der Waals surface area contributed by atoms with Gasteiger partial charge in [-0.3, -0.25) is 0 Å². The van der Waals surface area contributed by atoms with E-state index in [4.69, 9.17) is 9.47 Å². The fourth-order valence-electron chi connectivity index (χ4n) is 3.37. The van der Waals surface area contributed by atoms with Gasteiger partial charge in [0, 0.05) is 11.5 Å². The van der Waals surface area contributed by atoms with E-state index in [1.165, 1.54) is 23.1 Å². The lowest BCUT2D eigenvalue weighted by Crippen LogP contribution is -2.18. The third kappa shape index (κ3) is 1.56. The first-order chi connectivity index (χ1) is 9.36. The Hall–Kier alpha value is -1.96. The van der Waals surface area contributed by atoms with Crippen LogP contribution in [0.3, 0.4) is 0 Å². The molecule has 2 nitrogen and oxygen atoms in total. The van der Waals surface area contributed by atoms with Crippen LogP contribution in [0.25, 0.3) is 0 Å². The van der Waals surface area contributed by atoms with E-state index in [0.717, 1.165) is 17.9 Å². The molecule has 2 aromatic rings. The molecule has 0 saturated carbocycles. The zero-order valence-corrected chi connectivity index (χ0v) is 10.9. The molecule has 1 aliphatic carbocycles. The van der Waals surface area contributed by atoms with Gasteiger partial charge in [0.1, 0.15) is 17.6 Å². The molecule has 0 saturated heterocycles.